The monoisotopic (exact) mass is 455 g/mol. The van der Waals surface area contributed by atoms with E-state index in [1.807, 2.05) is 109 Å². The average Bonchev–Trinajstić information content (AvgIpc) is 3.28. The van der Waals surface area contributed by atoms with Crippen LogP contribution >= 0.6 is 0 Å². The van der Waals surface area contributed by atoms with Gasteiger partial charge in [-0.25, -0.2) is 4.99 Å². The molecule has 5 aromatic rings. The number of carbonyl (C=O) groups is 1. The van der Waals surface area contributed by atoms with Crippen LogP contribution in [0.5, 0.6) is 0 Å². The highest BCUT2D eigenvalue weighted by Gasteiger charge is 2.31. The predicted octanol–water partition coefficient (Wildman–Crippen LogP) is 7.49. The average molecular weight is 456 g/mol. The van der Waals surface area contributed by atoms with Crippen molar-refractivity contribution in [2.75, 3.05) is 10.6 Å². The minimum atomic E-state index is -0.195. The highest BCUT2D eigenvalue weighted by Crippen LogP contribution is 2.36. The molecule has 0 amide bonds. The first-order valence-electron chi connectivity index (χ1n) is 11.4. The third-order valence-corrected chi connectivity index (χ3v) is 5.79. The van der Waals surface area contributed by atoms with E-state index in [1.54, 1.807) is 6.08 Å². The Morgan fingerprint density at radius 3 is 1.97 bits per heavy atom. The van der Waals surface area contributed by atoms with Crippen LogP contribution in [0.3, 0.4) is 0 Å². The molecule has 0 radical (unpaired) electrons. The van der Waals surface area contributed by atoms with E-state index in [4.69, 9.17) is 9.41 Å². The number of benzene rings is 4. The Hall–Kier alpha value is -4.90. The van der Waals surface area contributed by atoms with Gasteiger partial charge in [-0.2, -0.15) is 0 Å². The summed E-state index contributed by atoms with van der Waals surface area (Å²) >= 11 is 0. The van der Waals surface area contributed by atoms with E-state index < -0.39 is 0 Å². The van der Waals surface area contributed by atoms with Crippen LogP contribution in [0.1, 0.15) is 16.1 Å². The van der Waals surface area contributed by atoms with Crippen LogP contribution in [0.15, 0.2) is 130 Å². The van der Waals surface area contributed by atoms with E-state index in [9.17, 15) is 4.79 Å². The van der Waals surface area contributed by atoms with Gasteiger partial charge in [0.15, 0.2) is 5.76 Å². The molecule has 5 nitrogen and oxygen atoms in total. The molecule has 2 N–H and O–H groups in total. The predicted molar refractivity (Wildman–Crippen MR) is 141 cm³/mol. The summed E-state index contributed by atoms with van der Waals surface area (Å²) in [5.41, 5.74) is 6.14. The molecule has 1 aliphatic carbocycles. The molecule has 35 heavy (non-hydrogen) atoms. The molecule has 0 unspecified atom stereocenters. The van der Waals surface area contributed by atoms with Crippen LogP contribution < -0.4 is 10.6 Å². The second-order valence-electron chi connectivity index (χ2n) is 8.22. The Labute approximate surface area is 202 Å². The van der Waals surface area contributed by atoms with Crippen molar-refractivity contribution in [1.29, 1.82) is 0 Å². The summed E-state index contributed by atoms with van der Waals surface area (Å²) in [6, 6.07) is 35.3. The first-order valence-corrected chi connectivity index (χ1v) is 11.4. The number of fused-ring (bicyclic) bond motifs is 3. The normalized spacial score (nSPS) is 14.0. The largest absolute Gasteiger partial charge is 0.452 e. The number of carbonyl (C=O) groups excluding carboxylic acids is 1. The number of ketones is 1. The lowest BCUT2D eigenvalue weighted by molar-refractivity contribution is 0.102. The Morgan fingerprint density at radius 1 is 0.657 bits per heavy atom. The van der Waals surface area contributed by atoms with E-state index in [1.165, 1.54) is 0 Å². The topological polar surface area (TPSA) is 66.6 Å². The van der Waals surface area contributed by atoms with Crippen molar-refractivity contribution in [2.24, 2.45) is 4.99 Å². The number of para-hydroxylation sites is 3. The van der Waals surface area contributed by atoms with E-state index in [0.717, 1.165) is 28.1 Å². The molecule has 0 bridgehead atoms. The minimum Gasteiger partial charge on any atom is -0.452 e. The Bertz CT molecular complexity index is 1580. The van der Waals surface area contributed by atoms with Gasteiger partial charge in [0, 0.05) is 28.5 Å². The second-order valence-corrected chi connectivity index (χ2v) is 8.22. The molecule has 0 spiro atoms. The van der Waals surface area contributed by atoms with Crippen molar-refractivity contribution in [1.82, 2.24) is 0 Å². The van der Waals surface area contributed by atoms with Gasteiger partial charge in [-0.05, 0) is 54.6 Å². The van der Waals surface area contributed by atoms with E-state index >= 15 is 0 Å². The van der Waals surface area contributed by atoms with Gasteiger partial charge in [-0.1, -0.05) is 54.6 Å². The number of hydrogen-bond acceptors (Lipinski definition) is 5. The van der Waals surface area contributed by atoms with Gasteiger partial charge in [0.05, 0.1) is 22.7 Å². The number of allylic oxidation sites excluding steroid dienone is 2. The third kappa shape index (κ3) is 4.11. The molecule has 0 saturated carbocycles. The fourth-order valence-electron chi connectivity index (χ4n) is 4.19. The van der Waals surface area contributed by atoms with Crippen LogP contribution in [-0.4, -0.2) is 11.5 Å². The zero-order valence-electron chi connectivity index (χ0n) is 18.7. The van der Waals surface area contributed by atoms with Crippen molar-refractivity contribution in [3.05, 3.63) is 132 Å². The molecule has 1 aromatic heterocycles. The molecule has 1 aliphatic rings. The van der Waals surface area contributed by atoms with E-state index in [0.29, 0.717) is 28.3 Å². The molecule has 0 atom stereocenters. The number of hydrogen-bond donors (Lipinski definition) is 2. The van der Waals surface area contributed by atoms with Crippen LogP contribution in [0.2, 0.25) is 0 Å². The third-order valence-electron chi connectivity index (χ3n) is 5.79. The number of furan rings is 1. The van der Waals surface area contributed by atoms with Gasteiger partial charge in [-0.15, -0.1) is 0 Å². The first-order chi connectivity index (χ1) is 17.2. The van der Waals surface area contributed by atoms with Crippen LogP contribution in [0.25, 0.3) is 11.0 Å². The van der Waals surface area contributed by atoms with Gasteiger partial charge in [0.25, 0.3) is 0 Å². The SMILES string of the molecule is O=C1C=C(Nc2ccccc2)C(=Nc2ccccc2)c2c1oc1ccc(Nc3ccccc3)cc21. The lowest BCUT2D eigenvalue weighted by Crippen LogP contribution is -2.21. The van der Waals surface area contributed by atoms with Gasteiger partial charge < -0.3 is 15.1 Å². The standard InChI is InChI=1S/C30H21N3O2/c34-26-19-25(32-21-12-6-2-7-13-21)29(33-22-14-8-3-9-15-22)28-24-18-23(16-17-27(24)35-30(26)28)31-20-10-4-1-5-11-20/h1-19,31-32H. The summed E-state index contributed by atoms with van der Waals surface area (Å²) in [7, 11) is 0. The molecular formula is C30H21N3O2. The summed E-state index contributed by atoms with van der Waals surface area (Å²) < 4.78 is 6.04. The zero-order chi connectivity index (χ0) is 23.6. The number of anilines is 3. The van der Waals surface area contributed by atoms with Crippen molar-refractivity contribution >= 4 is 45.2 Å². The molecule has 168 valence electrons. The van der Waals surface area contributed by atoms with Crippen molar-refractivity contribution in [3.63, 3.8) is 0 Å². The fraction of sp³-hybridized carbons (Fsp3) is 0. The zero-order valence-corrected chi connectivity index (χ0v) is 18.7. The highest BCUT2D eigenvalue weighted by molar-refractivity contribution is 6.31. The number of nitrogens with zero attached hydrogens (tertiary/aromatic N) is 1. The summed E-state index contributed by atoms with van der Waals surface area (Å²) in [5.74, 6) is 0.101. The molecule has 0 aliphatic heterocycles. The quantitative estimate of drug-likeness (QED) is 0.288. The molecule has 4 aromatic carbocycles. The molecule has 0 fully saturated rings. The van der Waals surface area contributed by atoms with Crippen molar-refractivity contribution in [2.45, 2.75) is 0 Å². The Kier molecular flexibility index (Phi) is 5.20. The van der Waals surface area contributed by atoms with Crippen LogP contribution in [0.4, 0.5) is 22.7 Å². The summed E-state index contributed by atoms with van der Waals surface area (Å²) in [6.45, 7) is 0. The van der Waals surface area contributed by atoms with E-state index in [-0.39, 0.29) is 5.78 Å². The first kappa shape index (κ1) is 20.7. The van der Waals surface area contributed by atoms with Gasteiger partial charge in [-0.3, -0.25) is 4.79 Å². The highest BCUT2D eigenvalue weighted by atomic mass is 16.3. The maximum absolute atomic E-state index is 13.1. The number of aliphatic imine (C=N–C) groups is 1. The fourth-order valence-corrected chi connectivity index (χ4v) is 4.19. The Morgan fingerprint density at radius 2 is 1.29 bits per heavy atom. The minimum absolute atomic E-state index is 0.195. The molecule has 1 heterocycles. The summed E-state index contributed by atoms with van der Waals surface area (Å²) in [5, 5.41) is 7.63. The maximum Gasteiger partial charge on any atom is 0.223 e. The molecular weight excluding hydrogens is 434 g/mol. The summed E-state index contributed by atoms with van der Waals surface area (Å²) in [4.78, 5) is 18.1. The second kappa shape index (κ2) is 8.80. The van der Waals surface area contributed by atoms with Crippen molar-refractivity contribution in [3.8, 4) is 0 Å². The number of nitrogens with one attached hydrogen (secondary N) is 2. The molecule has 6 rings (SSSR count). The smallest absolute Gasteiger partial charge is 0.223 e. The van der Waals surface area contributed by atoms with Crippen LogP contribution in [0, 0.1) is 0 Å². The molecule has 0 saturated heterocycles. The van der Waals surface area contributed by atoms with Crippen molar-refractivity contribution < 1.29 is 9.21 Å². The van der Waals surface area contributed by atoms with Gasteiger partial charge in [0.1, 0.15) is 5.58 Å². The van der Waals surface area contributed by atoms with Crippen LogP contribution in [-0.2, 0) is 0 Å². The lowest BCUT2D eigenvalue weighted by Gasteiger charge is -2.18. The van der Waals surface area contributed by atoms with Gasteiger partial charge in [0.2, 0.25) is 5.78 Å². The lowest BCUT2D eigenvalue weighted by atomic mass is 9.95. The number of rotatable bonds is 5. The Balaban J connectivity index is 1.51. The van der Waals surface area contributed by atoms with E-state index in [2.05, 4.69) is 10.6 Å². The summed E-state index contributed by atoms with van der Waals surface area (Å²) in [6.07, 6.45) is 1.56. The molecule has 5 heteroatoms. The maximum atomic E-state index is 13.1. The van der Waals surface area contributed by atoms with Gasteiger partial charge >= 0.3 is 0 Å².